The summed E-state index contributed by atoms with van der Waals surface area (Å²) < 4.78 is 35.3. The molecule has 4 heteroatoms. The molecule has 0 fully saturated rings. The minimum atomic E-state index is -0.677. The lowest BCUT2D eigenvalue weighted by molar-refractivity contribution is 0.455. The molecule has 1 aromatic heterocycles. The highest BCUT2D eigenvalue weighted by Crippen LogP contribution is 2.23. The fourth-order valence-electron chi connectivity index (χ4n) is 1.03. The van der Waals surface area contributed by atoms with Gasteiger partial charge < -0.3 is 9.15 Å². The zero-order chi connectivity index (χ0) is 9.97. The summed E-state index contributed by atoms with van der Waals surface area (Å²) in [6, 6.07) is 4.51. The Morgan fingerprint density at radius 2 is 1.71 bits per heavy atom. The molecule has 0 amide bonds. The van der Waals surface area contributed by atoms with Crippen LogP contribution in [0.15, 0.2) is 41.2 Å². The minimum absolute atomic E-state index is 0.101. The van der Waals surface area contributed by atoms with Crippen LogP contribution >= 0.6 is 0 Å². The highest BCUT2D eigenvalue weighted by Gasteiger charge is 2.03. The molecule has 0 unspecified atom stereocenters. The number of rotatable bonds is 2. The van der Waals surface area contributed by atoms with Crippen molar-refractivity contribution >= 4 is 0 Å². The van der Waals surface area contributed by atoms with Crippen molar-refractivity contribution in [3.63, 3.8) is 0 Å². The van der Waals surface area contributed by atoms with Crippen LogP contribution in [0.4, 0.5) is 8.78 Å². The van der Waals surface area contributed by atoms with Crippen LogP contribution in [0.25, 0.3) is 0 Å². The lowest BCUT2D eigenvalue weighted by Crippen LogP contribution is -1.85. The van der Waals surface area contributed by atoms with Gasteiger partial charge in [0.2, 0.25) is 0 Å². The molecule has 2 aromatic rings. The van der Waals surface area contributed by atoms with Crippen molar-refractivity contribution in [2.45, 2.75) is 0 Å². The second-order valence-electron chi connectivity index (χ2n) is 2.67. The number of ether oxygens (including phenoxy) is 1. The van der Waals surface area contributed by atoms with E-state index in [1.165, 1.54) is 12.5 Å². The van der Waals surface area contributed by atoms with Crippen LogP contribution < -0.4 is 4.74 Å². The van der Waals surface area contributed by atoms with Crippen LogP contribution in [0.5, 0.6) is 11.5 Å². The SMILES string of the molecule is Fc1cc(F)cc(Oc2ccoc2)c1. The van der Waals surface area contributed by atoms with Gasteiger partial charge in [-0.1, -0.05) is 0 Å². The summed E-state index contributed by atoms with van der Waals surface area (Å²) in [7, 11) is 0. The topological polar surface area (TPSA) is 22.4 Å². The predicted molar refractivity (Wildman–Crippen MR) is 45.1 cm³/mol. The molecular formula is C10H6F2O2. The lowest BCUT2D eigenvalue weighted by atomic mass is 10.3. The maximum Gasteiger partial charge on any atom is 0.165 e. The molecule has 2 nitrogen and oxygen atoms in total. The average molecular weight is 196 g/mol. The van der Waals surface area contributed by atoms with Crippen LogP contribution in [-0.2, 0) is 0 Å². The average Bonchev–Trinajstić information content (AvgIpc) is 2.54. The molecule has 0 saturated carbocycles. The summed E-state index contributed by atoms with van der Waals surface area (Å²) in [6.45, 7) is 0. The molecule has 0 radical (unpaired) electrons. The van der Waals surface area contributed by atoms with E-state index in [0.717, 1.165) is 18.2 Å². The molecule has 0 N–H and O–H groups in total. The monoisotopic (exact) mass is 196 g/mol. The Bertz CT molecular complexity index is 403. The number of benzene rings is 1. The molecule has 1 aromatic carbocycles. The van der Waals surface area contributed by atoms with E-state index in [-0.39, 0.29) is 5.75 Å². The summed E-state index contributed by atoms with van der Waals surface area (Å²) in [4.78, 5) is 0. The van der Waals surface area contributed by atoms with Gasteiger partial charge >= 0.3 is 0 Å². The molecule has 0 aliphatic carbocycles. The molecule has 72 valence electrons. The Morgan fingerprint density at radius 3 is 2.29 bits per heavy atom. The Hall–Kier alpha value is -1.84. The first kappa shape index (κ1) is 8.74. The normalized spacial score (nSPS) is 10.1. The molecule has 0 aliphatic heterocycles. The van der Waals surface area contributed by atoms with E-state index >= 15 is 0 Å². The summed E-state index contributed by atoms with van der Waals surface area (Å²) in [5.74, 6) is -0.856. The first-order valence-electron chi connectivity index (χ1n) is 3.90. The van der Waals surface area contributed by atoms with Crippen molar-refractivity contribution < 1.29 is 17.9 Å². The second kappa shape index (κ2) is 3.49. The summed E-state index contributed by atoms with van der Waals surface area (Å²) in [5.41, 5.74) is 0. The lowest BCUT2D eigenvalue weighted by Gasteiger charge is -2.02. The van der Waals surface area contributed by atoms with Crippen LogP contribution in [0, 0.1) is 11.6 Å². The van der Waals surface area contributed by atoms with Crippen molar-refractivity contribution in [1.82, 2.24) is 0 Å². The van der Waals surface area contributed by atoms with Crippen molar-refractivity contribution in [3.05, 3.63) is 48.4 Å². The van der Waals surface area contributed by atoms with Gasteiger partial charge in [0.05, 0.1) is 6.26 Å². The quantitative estimate of drug-likeness (QED) is 0.734. The molecule has 14 heavy (non-hydrogen) atoms. The van der Waals surface area contributed by atoms with Gasteiger partial charge in [-0.3, -0.25) is 0 Å². The van der Waals surface area contributed by atoms with Gasteiger partial charge in [0.1, 0.15) is 23.6 Å². The molecule has 2 rings (SSSR count). The number of hydrogen-bond donors (Lipinski definition) is 0. The first-order chi connectivity index (χ1) is 6.74. The highest BCUT2D eigenvalue weighted by atomic mass is 19.1. The highest BCUT2D eigenvalue weighted by molar-refractivity contribution is 5.29. The molecule has 0 atom stereocenters. The summed E-state index contributed by atoms with van der Waals surface area (Å²) in [5, 5.41) is 0. The zero-order valence-corrected chi connectivity index (χ0v) is 7.04. The number of hydrogen-bond acceptors (Lipinski definition) is 2. The first-order valence-corrected chi connectivity index (χ1v) is 3.90. The van der Waals surface area contributed by atoms with Crippen LogP contribution in [-0.4, -0.2) is 0 Å². The van der Waals surface area contributed by atoms with Gasteiger partial charge in [0.15, 0.2) is 5.75 Å². The van der Waals surface area contributed by atoms with E-state index in [1.54, 1.807) is 6.07 Å². The van der Waals surface area contributed by atoms with Gasteiger partial charge in [0.25, 0.3) is 0 Å². The van der Waals surface area contributed by atoms with Crippen molar-refractivity contribution in [2.24, 2.45) is 0 Å². The predicted octanol–water partition coefficient (Wildman–Crippen LogP) is 3.35. The van der Waals surface area contributed by atoms with Crippen molar-refractivity contribution in [3.8, 4) is 11.5 Å². The van der Waals surface area contributed by atoms with E-state index < -0.39 is 11.6 Å². The molecule has 0 bridgehead atoms. The van der Waals surface area contributed by atoms with Gasteiger partial charge in [-0.2, -0.15) is 0 Å². The largest absolute Gasteiger partial charge is 0.469 e. The molecule has 1 heterocycles. The van der Waals surface area contributed by atoms with Crippen molar-refractivity contribution in [1.29, 1.82) is 0 Å². The van der Waals surface area contributed by atoms with E-state index in [2.05, 4.69) is 0 Å². The smallest absolute Gasteiger partial charge is 0.165 e. The minimum Gasteiger partial charge on any atom is -0.469 e. The number of halogens is 2. The van der Waals surface area contributed by atoms with Gasteiger partial charge in [-0.05, 0) is 0 Å². The van der Waals surface area contributed by atoms with E-state index in [0.29, 0.717) is 5.75 Å². The molecule has 0 saturated heterocycles. The third kappa shape index (κ3) is 1.90. The third-order valence-electron chi connectivity index (χ3n) is 1.57. The van der Waals surface area contributed by atoms with Gasteiger partial charge in [-0.25, -0.2) is 8.78 Å². The standard InChI is InChI=1S/C10H6F2O2/c11-7-3-8(12)5-10(4-7)14-9-1-2-13-6-9/h1-6H. The second-order valence-corrected chi connectivity index (χ2v) is 2.67. The Balaban J connectivity index is 2.25. The maximum atomic E-state index is 12.7. The molecule has 0 aliphatic rings. The summed E-state index contributed by atoms with van der Waals surface area (Å²) in [6.07, 6.45) is 2.74. The van der Waals surface area contributed by atoms with Crippen molar-refractivity contribution in [2.75, 3.05) is 0 Å². The fourth-order valence-corrected chi connectivity index (χ4v) is 1.03. The van der Waals surface area contributed by atoms with Gasteiger partial charge in [-0.15, -0.1) is 0 Å². The summed E-state index contributed by atoms with van der Waals surface area (Å²) >= 11 is 0. The Kier molecular flexibility index (Phi) is 2.18. The van der Waals surface area contributed by atoms with E-state index in [9.17, 15) is 8.78 Å². The fraction of sp³-hybridized carbons (Fsp3) is 0. The zero-order valence-electron chi connectivity index (χ0n) is 7.04. The molecule has 0 spiro atoms. The van der Waals surface area contributed by atoms with Crippen LogP contribution in [0.3, 0.4) is 0 Å². The number of furan rings is 1. The third-order valence-corrected chi connectivity index (χ3v) is 1.57. The van der Waals surface area contributed by atoms with Crippen LogP contribution in [0.2, 0.25) is 0 Å². The van der Waals surface area contributed by atoms with Crippen LogP contribution in [0.1, 0.15) is 0 Å². The maximum absolute atomic E-state index is 12.7. The van der Waals surface area contributed by atoms with E-state index in [4.69, 9.17) is 9.15 Å². The molecular weight excluding hydrogens is 190 g/mol. The van der Waals surface area contributed by atoms with E-state index in [1.807, 2.05) is 0 Å². The Labute approximate surface area is 78.7 Å². The van der Waals surface area contributed by atoms with Gasteiger partial charge in [0, 0.05) is 24.3 Å². The Morgan fingerprint density at radius 1 is 1.00 bits per heavy atom.